The van der Waals surface area contributed by atoms with Crippen molar-refractivity contribution in [3.8, 4) is 11.1 Å². The van der Waals surface area contributed by atoms with Gasteiger partial charge in [-0.3, -0.25) is 0 Å². The molecule has 0 atom stereocenters. The fourth-order valence-corrected chi connectivity index (χ4v) is 2.15. The molecule has 0 spiro atoms. The lowest BCUT2D eigenvalue weighted by Crippen LogP contribution is -2.03. The van der Waals surface area contributed by atoms with Gasteiger partial charge in [0.05, 0.1) is 18.4 Å². The molecule has 0 aromatic heterocycles. The number of benzene rings is 2. The number of alkyl halides is 3. The van der Waals surface area contributed by atoms with E-state index in [1.54, 1.807) is 7.11 Å². The fraction of sp³-hybridized carbons (Fsp3) is 0.222. The van der Waals surface area contributed by atoms with E-state index in [1.165, 1.54) is 12.1 Å². The summed E-state index contributed by atoms with van der Waals surface area (Å²) in [4.78, 5) is 0. The van der Waals surface area contributed by atoms with Crippen LogP contribution in [0, 0.1) is 6.92 Å². The summed E-state index contributed by atoms with van der Waals surface area (Å²) in [6.07, 6.45) is -2.38. The standard InChI is InChI=1S/C18H17F3O/c1-12-10-16(5-4-15(12)11-13(2)22-3)14-6-8-17(9-7-14)18(19,20)21/h4-11H,1-3H3. The quantitative estimate of drug-likeness (QED) is 0.662. The van der Waals surface area contributed by atoms with E-state index in [4.69, 9.17) is 4.74 Å². The number of halogens is 3. The highest BCUT2D eigenvalue weighted by Crippen LogP contribution is 2.31. The zero-order chi connectivity index (χ0) is 16.3. The van der Waals surface area contributed by atoms with Gasteiger partial charge in [0.2, 0.25) is 0 Å². The Balaban J connectivity index is 2.32. The molecule has 2 aromatic carbocycles. The first-order valence-corrected chi connectivity index (χ1v) is 6.82. The highest BCUT2D eigenvalue weighted by Gasteiger charge is 2.29. The first-order chi connectivity index (χ1) is 10.3. The predicted molar refractivity (Wildman–Crippen MR) is 82.3 cm³/mol. The zero-order valence-corrected chi connectivity index (χ0v) is 12.7. The molecule has 2 aromatic rings. The van der Waals surface area contributed by atoms with E-state index in [0.717, 1.165) is 40.1 Å². The highest BCUT2D eigenvalue weighted by molar-refractivity contribution is 5.68. The fourth-order valence-electron chi connectivity index (χ4n) is 2.15. The minimum absolute atomic E-state index is 0.636. The van der Waals surface area contributed by atoms with Crippen molar-refractivity contribution in [2.45, 2.75) is 20.0 Å². The van der Waals surface area contributed by atoms with E-state index in [2.05, 4.69) is 0 Å². The molecule has 2 rings (SSSR count). The second-order valence-electron chi connectivity index (χ2n) is 5.11. The second-order valence-corrected chi connectivity index (χ2v) is 5.11. The van der Waals surface area contributed by atoms with Crippen molar-refractivity contribution < 1.29 is 17.9 Å². The van der Waals surface area contributed by atoms with Crippen molar-refractivity contribution in [2.24, 2.45) is 0 Å². The van der Waals surface area contributed by atoms with E-state index in [9.17, 15) is 13.2 Å². The van der Waals surface area contributed by atoms with Gasteiger partial charge in [-0.2, -0.15) is 13.2 Å². The van der Waals surface area contributed by atoms with Crippen LogP contribution in [0.1, 0.15) is 23.6 Å². The summed E-state index contributed by atoms with van der Waals surface area (Å²) in [5.41, 5.74) is 3.07. The van der Waals surface area contributed by atoms with E-state index < -0.39 is 11.7 Å². The summed E-state index contributed by atoms with van der Waals surface area (Å²) in [6.45, 7) is 3.82. The minimum Gasteiger partial charge on any atom is -0.501 e. The van der Waals surface area contributed by atoms with Gasteiger partial charge in [0.1, 0.15) is 0 Å². The summed E-state index contributed by atoms with van der Waals surface area (Å²) < 4.78 is 42.9. The van der Waals surface area contributed by atoms with Gasteiger partial charge in [0, 0.05) is 0 Å². The van der Waals surface area contributed by atoms with Gasteiger partial charge in [0.15, 0.2) is 0 Å². The van der Waals surface area contributed by atoms with Gasteiger partial charge < -0.3 is 4.74 Å². The second kappa shape index (κ2) is 6.26. The average molecular weight is 306 g/mol. The number of rotatable bonds is 3. The SMILES string of the molecule is COC(C)=Cc1ccc(-c2ccc(C(F)(F)F)cc2)cc1C. The third-order valence-electron chi connectivity index (χ3n) is 3.50. The molecule has 1 nitrogen and oxygen atoms in total. The van der Waals surface area contributed by atoms with Crippen molar-refractivity contribution >= 4 is 6.08 Å². The molecule has 0 unspecified atom stereocenters. The maximum atomic E-state index is 12.6. The molecule has 0 saturated carbocycles. The molecular formula is C18H17F3O. The summed E-state index contributed by atoms with van der Waals surface area (Å²) in [7, 11) is 1.61. The maximum absolute atomic E-state index is 12.6. The Morgan fingerprint density at radius 3 is 2.09 bits per heavy atom. The molecule has 0 fully saturated rings. The van der Waals surface area contributed by atoms with E-state index >= 15 is 0 Å². The summed E-state index contributed by atoms with van der Waals surface area (Å²) in [5.74, 6) is 0.797. The smallest absolute Gasteiger partial charge is 0.416 e. The number of hydrogen-bond donors (Lipinski definition) is 0. The lowest BCUT2D eigenvalue weighted by molar-refractivity contribution is -0.137. The number of methoxy groups -OCH3 is 1. The number of hydrogen-bond acceptors (Lipinski definition) is 1. The monoisotopic (exact) mass is 306 g/mol. The van der Waals surface area contributed by atoms with Crippen LogP contribution in [0.3, 0.4) is 0 Å². The van der Waals surface area contributed by atoms with Crippen molar-refractivity contribution in [2.75, 3.05) is 7.11 Å². The molecule has 0 aliphatic carbocycles. The largest absolute Gasteiger partial charge is 0.501 e. The van der Waals surface area contributed by atoms with Crippen LogP contribution >= 0.6 is 0 Å². The molecule has 4 heteroatoms. The van der Waals surface area contributed by atoms with Crippen LogP contribution in [0.5, 0.6) is 0 Å². The zero-order valence-electron chi connectivity index (χ0n) is 12.7. The topological polar surface area (TPSA) is 9.23 Å². The Kier molecular flexibility index (Phi) is 4.59. The lowest BCUT2D eigenvalue weighted by atomic mass is 9.98. The van der Waals surface area contributed by atoms with Crippen molar-refractivity contribution in [1.82, 2.24) is 0 Å². The molecule has 22 heavy (non-hydrogen) atoms. The summed E-state index contributed by atoms with van der Waals surface area (Å²) in [5, 5.41) is 0. The predicted octanol–water partition coefficient (Wildman–Crippen LogP) is 5.69. The van der Waals surface area contributed by atoms with Crippen LogP contribution in [0.4, 0.5) is 13.2 Å². The highest BCUT2D eigenvalue weighted by atomic mass is 19.4. The normalized spacial score (nSPS) is 12.4. The van der Waals surface area contributed by atoms with Gasteiger partial charge in [-0.05, 0) is 54.3 Å². The van der Waals surface area contributed by atoms with Crippen LogP contribution in [0.15, 0.2) is 48.2 Å². The Morgan fingerprint density at radius 2 is 1.59 bits per heavy atom. The van der Waals surface area contributed by atoms with Crippen LogP contribution in [0.25, 0.3) is 17.2 Å². The van der Waals surface area contributed by atoms with E-state index in [-0.39, 0.29) is 0 Å². The van der Waals surface area contributed by atoms with Gasteiger partial charge in [0.25, 0.3) is 0 Å². The maximum Gasteiger partial charge on any atom is 0.416 e. The Morgan fingerprint density at radius 1 is 1.00 bits per heavy atom. The molecule has 0 aliphatic heterocycles. The number of ether oxygens (including phenoxy) is 1. The Labute approximate surface area is 128 Å². The molecular weight excluding hydrogens is 289 g/mol. The first kappa shape index (κ1) is 16.1. The van der Waals surface area contributed by atoms with Crippen molar-refractivity contribution in [1.29, 1.82) is 0 Å². The van der Waals surface area contributed by atoms with Crippen molar-refractivity contribution in [3.63, 3.8) is 0 Å². The minimum atomic E-state index is -4.30. The third-order valence-corrected chi connectivity index (χ3v) is 3.50. The molecule has 0 aliphatic rings. The first-order valence-electron chi connectivity index (χ1n) is 6.82. The summed E-state index contributed by atoms with van der Waals surface area (Å²) >= 11 is 0. The van der Waals surface area contributed by atoms with Gasteiger partial charge in [-0.15, -0.1) is 0 Å². The van der Waals surface area contributed by atoms with E-state index in [1.807, 2.05) is 38.1 Å². The van der Waals surface area contributed by atoms with Crippen LogP contribution in [-0.2, 0) is 10.9 Å². The number of aryl methyl sites for hydroxylation is 1. The lowest BCUT2D eigenvalue weighted by Gasteiger charge is -2.09. The molecule has 0 saturated heterocycles. The Bertz CT molecular complexity index is 682. The van der Waals surface area contributed by atoms with Gasteiger partial charge in [-0.25, -0.2) is 0 Å². The molecule has 116 valence electrons. The molecule has 0 N–H and O–H groups in total. The van der Waals surface area contributed by atoms with Crippen LogP contribution < -0.4 is 0 Å². The molecule has 0 radical (unpaired) electrons. The molecule has 0 amide bonds. The number of allylic oxidation sites excluding steroid dienone is 1. The van der Waals surface area contributed by atoms with Crippen LogP contribution in [-0.4, -0.2) is 7.11 Å². The van der Waals surface area contributed by atoms with Crippen molar-refractivity contribution in [3.05, 3.63) is 64.9 Å². The molecule has 0 heterocycles. The Hall–Kier alpha value is -2.23. The van der Waals surface area contributed by atoms with Crippen LogP contribution in [0.2, 0.25) is 0 Å². The third kappa shape index (κ3) is 3.70. The summed E-state index contributed by atoms with van der Waals surface area (Å²) in [6, 6.07) is 11.0. The van der Waals surface area contributed by atoms with E-state index in [0.29, 0.717) is 0 Å². The molecule has 0 bridgehead atoms. The average Bonchev–Trinajstić information content (AvgIpc) is 2.48. The van der Waals surface area contributed by atoms with Gasteiger partial charge >= 0.3 is 6.18 Å². The van der Waals surface area contributed by atoms with Gasteiger partial charge in [-0.1, -0.05) is 30.3 Å².